The largest absolute Gasteiger partial charge is 0.333 e. The van der Waals surface area contributed by atoms with Gasteiger partial charge in [0.2, 0.25) is 5.91 Å². The number of nitrogen functional groups attached to an aromatic ring is 1. The molecular formula is C32H37N7O3. The number of para-hydroxylation sites is 1. The third-order valence-corrected chi connectivity index (χ3v) is 7.75. The summed E-state index contributed by atoms with van der Waals surface area (Å²) < 4.78 is 0. The van der Waals surface area contributed by atoms with Crippen LogP contribution in [0.2, 0.25) is 0 Å². The molecule has 2 aliphatic heterocycles. The quantitative estimate of drug-likeness (QED) is 0.254. The number of hydrazine groups is 2. The molecule has 0 aromatic heterocycles. The van der Waals surface area contributed by atoms with Crippen molar-refractivity contribution in [3.63, 3.8) is 0 Å². The van der Waals surface area contributed by atoms with Crippen molar-refractivity contribution in [2.24, 2.45) is 5.84 Å². The zero-order valence-corrected chi connectivity index (χ0v) is 23.8. The zero-order chi connectivity index (χ0) is 29.6. The molecule has 10 heteroatoms. The average molecular weight is 568 g/mol. The van der Waals surface area contributed by atoms with Crippen molar-refractivity contribution in [2.75, 3.05) is 25.1 Å². The van der Waals surface area contributed by atoms with Gasteiger partial charge < -0.3 is 20.5 Å². The van der Waals surface area contributed by atoms with E-state index in [0.29, 0.717) is 25.2 Å². The number of hydrogen-bond donors (Lipinski definition) is 3. The summed E-state index contributed by atoms with van der Waals surface area (Å²) in [6.07, 6.45) is 1.87. The van der Waals surface area contributed by atoms with Crippen molar-refractivity contribution in [3.8, 4) is 0 Å². The molecule has 0 aliphatic carbocycles. The number of rotatable bonds is 10. The van der Waals surface area contributed by atoms with Crippen LogP contribution in [0.15, 0.2) is 85.4 Å². The number of hydrogen-bond acceptors (Lipinski definition) is 6. The SMILES string of the molecule is C=Cc1cccc(CN2C[C@H]3N(C(=O)CN3N(CCC)C(=O)NCc3ccccc3)[C@@H](c3ccccc3)C2=O)c1NN. The monoisotopic (exact) mass is 567 g/mol. The molecule has 2 fully saturated rings. The molecule has 2 aliphatic rings. The normalized spacial score (nSPS) is 18.5. The number of benzene rings is 3. The molecule has 42 heavy (non-hydrogen) atoms. The van der Waals surface area contributed by atoms with Crippen molar-refractivity contribution < 1.29 is 14.4 Å². The Morgan fingerprint density at radius 3 is 2.43 bits per heavy atom. The maximum atomic E-state index is 14.1. The highest BCUT2D eigenvalue weighted by Crippen LogP contribution is 2.37. The van der Waals surface area contributed by atoms with E-state index in [0.717, 1.165) is 22.3 Å². The van der Waals surface area contributed by atoms with Crippen LogP contribution in [0.1, 0.15) is 41.6 Å². The number of urea groups is 1. The summed E-state index contributed by atoms with van der Waals surface area (Å²) in [5.41, 5.74) is 6.79. The number of piperazine rings is 1. The highest BCUT2D eigenvalue weighted by molar-refractivity contribution is 5.92. The van der Waals surface area contributed by atoms with E-state index in [9.17, 15) is 14.4 Å². The van der Waals surface area contributed by atoms with Crippen LogP contribution >= 0.6 is 0 Å². The minimum atomic E-state index is -0.824. The first kappa shape index (κ1) is 28.8. The van der Waals surface area contributed by atoms with Gasteiger partial charge in [-0.3, -0.25) is 20.4 Å². The highest BCUT2D eigenvalue weighted by Gasteiger charge is 2.52. The predicted molar refractivity (Wildman–Crippen MR) is 162 cm³/mol. The minimum absolute atomic E-state index is 0.00453. The molecular weight excluding hydrogens is 530 g/mol. The van der Waals surface area contributed by atoms with Gasteiger partial charge >= 0.3 is 6.03 Å². The molecule has 0 radical (unpaired) electrons. The Labute approximate surface area is 246 Å². The fourth-order valence-electron chi connectivity index (χ4n) is 5.77. The molecule has 4 N–H and O–H groups in total. The Balaban J connectivity index is 1.48. The van der Waals surface area contributed by atoms with Crippen LogP contribution in [0.5, 0.6) is 0 Å². The van der Waals surface area contributed by atoms with E-state index in [1.807, 2.05) is 90.8 Å². The number of nitrogens with zero attached hydrogens (tertiary/aromatic N) is 4. The summed E-state index contributed by atoms with van der Waals surface area (Å²) in [7, 11) is 0. The smallest absolute Gasteiger partial charge is 0.332 e. The van der Waals surface area contributed by atoms with Crippen LogP contribution in [-0.2, 0) is 22.7 Å². The summed E-state index contributed by atoms with van der Waals surface area (Å²) in [6, 6.07) is 23.6. The van der Waals surface area contributed by atoms with Gasteiger partial charge in [0, 0.05) is 19.6 Å². The van der Waals surface area contributed by atoms with Gasteiger partial charge in [-0.2, -0.15) is 5.01 Å². The van der Waals surface area contributed by atoms with Crippen molar-refractivity contribution in [2.45, 2.75) is 38.6 Å². The second kappa shape index (κ2) is 12.9. The standard InChI is InChI=1S/C32H37N7O3/c1-3-18-37(32(42)34-19-23-12-7-5-8-13-23)38-22-28(40)39-27(38)21-36(31(41)30(39)25-14-9-6-10-15-25)20-26-17-11-16-24(4-2)29(26)35-33/h4-17,27,30,35H,2-3,18-22,33H2,1H3,(H,34,42)/t27-,30+/m1/s1. The van der Waals surface area contributed by atoms with Crippen LogP contribution in [-0.4, -0.2) is 63.5 Å². The maximum absolute atomic E-state index is 14.1. The van der Waals surface area contributed by atoms with Crippen LogP contribution in [0.4, 0.5) is 10.5 Å². The Morgan fingerprint density at radius 1 is 1.05 bits per heavy atom. The molecule has 218 valence electrons. The lowest BCUT2D eigenvalue weighted by molar-refractivity contribution is -0.158. The van der Waals surface area contributed by atoms with Gasteiger partial charge in [0.15, 0.2) is 0 Å². The molecule has 0 unspecified atom stereocenters. The summed E-state index contributed by atoms with van der Waals surface area (Å²) in [4.78, 5) is 44.7. The van der Waals surface area contributed by atoms with Gasteiger partial charge in [-0.1, -0.05) is 98.4 Å². The van der Waals surface area contributed by atoms with Gasteiger partial charge in [-0.15, -0.1) is 0 Å². The van der Waals surface area contributed by atoms with E-state index in [-0.39, 0.29) is 37.5 Å². The van der Waals surface area contributed by atoms with E-state index in [1.165, 1.54) is 0 Å². The fraction of sp³-hybridized carbons (Fsp3) is 0.281. The second-order valence-electron chi connectivity index (χ2n) is 10.4. The van der Waals surface area contributed by atoms with Crippen molar-refractivity contribution in [1.29, 1.82) is 0 Å². The molecule has 4 amide bonds. The molecule has 3 aromatic rings. The van der Waals surface area contributed by atoms with Gasteiger partial charge in [0.05, 0.1) is 18.8 Å². The van der Waals surface area contributed by atoms with Crippen molar-refractivity contribution in [3.05, 3.63) is 108 Å². The number of nitrogens with one attached hydrogen (secondary N) is 2. The van der Waals surface area contributed by atoms with Gasteiger partial charge in [0.1, 0.15) is 12.2 Å². The van der Waals surface area contributed by atoms with Gasteiger partial charge in [0.25, 0.3) is 5.91 Å². The third-order valence-electron chi connectivity index (χ3n) is 7.75. The Bertz CT molecular complexity index is 1430. The number of carbonyl (C=O) groups excluding carboxylic acids is 3. The summed E-state index contributed by atoms with van der Waals surface area (Å²) in [6.45, 7) is 7.14. The molecule has 0 spiro atoms. The van der Waals surface area contributed by atoms with E-state index in [4.69, 9.17) is 5.84 Å². The summed E-state index contributed by atoms with van der Waals surface area (Å²) in [5.74, 6) is 5.49. The zero-order valence-electron chi connectivity index (χ0n) is 23.8. The van der Waals surface area contributed by atoms with E-state index < -0.39 is 12.2 Å². The van der Waals surface area contributed by atoms with Crippen molar-refractivity contribution in [1.82, 2.24) is 25.1 Å². The molecule has 3 aromatic carbocycles. The van der Waals surface area contributed by atoms with Gasteiger partial charge in [-0.25, -0.2) is 4.79 Å². The number of fused-ring (bicyclic) bond motifs is 1. The average Bonchev–Trinajstić information content (AvgIpc) is 3.34. The van der Waals surface area contributed by atoms with E-state index in [2.05, 4.69) is 17.3 Å². The maximum Gasteiger partial charge on any atom is 0.332 e. The lowest BCUT2D eigenvalue weighted by Crippen LogP contribution is -2.62. The summed E-state index contributed by atoms with van der Waals surface area (Å²) in [5, 5.41) is 6.43. The van der Waals surface area contributed by atoms with Crippen LogP contribution in [0.3, 0.4) is 0 Å². The molecule has 0 bridgehead atoms. The number of carbonyl (C=O) groups is 3. The molecule has 2 atom stereocenters. The number of amides is 4. The molecule has 2 saturated heterocycles. The molecule has 0 saturated carbocycles. The first-order valence-corrected chi connectivity index (χ1v) is 14.2. The van der Waals surface area contributed by atoms with Crippen LogP contribution < -0.4 is 16.6 Å². The fourth-order valence-corrected chi connectivity index (χ4v) is 5.77. The Morgan fingerprint density at radius 2 is 1.76 bits per heavy atom. The Kier molecular flexibility index (Phi) is 8.85. The molecule has 10 nitrogen and oxygen atoms in total. The number of anilines is 1. The van der Waals surface area contributed by atoms with Crippen molar-refractivity contribution >= 4 is 29.6 Å². The summed E-state index contributed by atoms with van der Waals surface area (Å²) >= 11 is 0. The minimum Gasteiger partial charge on any atom is -0.333 e. The first-order valence-electron chi connectivity index (χ1n) is 14.2. The predicted octanol–water partition coefficient (Wildman–Crippen LogP) is 3.71. The van der Waals surface area contributed by atoms with Crippen LogP contribution in [0.25, 0.3) is 6.08 Å². The number of nitrogens with two attached hydrogens (primary N) is 1. The lowest BCUT2D eigenvalue weighted by Gasteiger charge is -2.46. The molecule has 5 rings (SSSR count). The Hall–Kier alpha value is -4.67. The van der Waals surface area contributed by atoms with E-state index >= 15 is 0 Å². The van der Waals surface area contributed by atoms with E-state index in [1.54, 1.807) is 20.9 Å². The first-order chi connectivity index (χ1) is 20.5. The van der Waals surface area contributed by atoms with Gasteiger partial charge in [-0.05, 0) is 28.7 Å². The topological polar surface area (TPSA) is 114 Å². The highest BCUT2D eigenvalue weighted by atomic mass is 16.2. The third kappa shape index (κ3) is 5.72. The second-order valence-corrected chi connectivity index (χ2v) is 10.4. The van der Waals surface area contributed by atoms with Crippen LogP contribution in [0, 0.1) is 0 Å². The lowest BCUT2D eigenvalue weighted by atomic mass is 9.99. The molecule has 2 heterocycles.